The quantitative estimate of drug-likeness (QED) is 0.785. The van der Waals surface area contributed by atoms with Gasteiger partial charge in [0.05, 0.1) is 0 Å². The maximum atomic E-state index is 12.3. The van der Waals surface area contributed by atoms with Gasteiger partial charge in [-0.05, 0) is 49.3 Å². The fourth-order valence-corrected chi connectivity index (χ4v) is 2.69. The Hall–Kier alpha value is -1.15. The van der Waals surface area contributed by atoms with Crippen LogP contribution >= 0.6 is 0 Å². The van der Waals surface area contributed by atoms with Crippen molar-refractivity contribution in [2.24, 2.45) is 11.1 Å². The van der Waals surface area contributed by atoms with Crippen LogP contribution in [0.3, 0.4) is 0 Å². The normalized spacial score (nSPS) is 20.6. The van der Waals surface area contributed by atoms with Gasteiger partial charge in [0, 0.05) is 17.5 Å². The first-order valence-electron chi connectivity index (χ1n) is 6.12. The molecule has 0 spiro atoms. The molecule has 2 N–H and O–H groups in total. The summed E-state index contributed by atoms with van der Waals surface area (Å²) < 4.78 is 0. The van der Waals surface area contributed by atoms with Crippen molar-refractivity contribution in [1.29, 1.82) is 0 Å². The lowest BCUT2D eigenvalue weighted by Gasteiger charge is -2.11. The summed E-state index contributed by atoms with van der Waals surface area (Å²) in [5.41, 5.74) is 9.17. The van der Waals surface area contributed by atoms with Gasteiger partial charge in [-0.1, -0.05) is 12.1 Å². The van der Waals surface area contributed by atoms with E-state index >= 15 is 0 Å². The first-order valence-corrected chi connectivity index (χ1v) is 6.12. The summed E-state index contributed by atoms with van der Waals surface area (Å²) in [4.78, 5) is 12.3. The smallest absolute Gasteiger partial charge is 0.170 e. The van der Waals surface area contributed by atoms with E-state index in [9.17, 15) is 4.79 Å². The Morgan fingerprint density at radius 1 is 1.25 bits per heavy atom. The zero-order valence-corrected chi connectivity index (χ0v) is 9.46. The van der Waals surface area contributed by atoms with E-state index in [1.807, 2.05) is 6.07 Å². The van der Waals surface area contributed by atoms with Gasteiger partial charge < -0.3 is 5.73 Å². The molecule has 0 aromatic heterocycles. The van der Waals surface area contributed by atoms with E-state index < -0.39 is 0 Å². The number of fused-ring (bicyclic) bond motifs is 1. The molecule has 2 heteroatoms. The van der Waals surface area contributed by atoms with E-state index in [1.165, 1.54) is 24.0 Å². The Morgan fingerprint density at radius 3 is 2.69 bits per heavy atom. The van der Waals surface area contributed by atoms with Crippen molar-refractivity contribution in [3.05, 3.63) is 34.9 Å². The van der Waals surface area contributed by atoms with Crippen LogP contribution < -0.4 is 5.73 Å². The van der Waals surface area contributed by atoms with Crippen molar-refractivity contribution in [2.75, 3.05) is 6.54 Å². The first kappa shape index (κ1) is 10.0. The fraction of sp³-hybridized carbons (Fsp3) is 0.500. The second-order valence-electron chi connectivity index (χ2n) is 5.15. The van der Waals surface area contributed by atoms with E-state index in [0.717, 1.165) is 24.8 Å². The molecule has 0 aliphatic heterocycles. The summed E-state index contributed by atoms with van der Waals surface area (Å²) in [6.07, 6.45) is 5.48. The molecular weight excluding hydrogens is 198 g/mol. The maximum Gasteiger partial charge on any atom is 0.170 e. The van der Waals surface area contributed by atoms with Crippen LogP contribution in [0.2, 0.25) is 0 Å². The summed E-state index contributed by atoms with van der Waals surface area (Å²) >= 11 is 0. The van der Waals surface area contributed by atoms with Crippen molar-refractivity contribution in [1.82, 2.24) is 0 Å². The highest BCUT2D eigenvalue weighted by Crippen LogP contribution is 2.47. The number of nitrogens with two attached hydrogens (primary N) is 1. The number of carbonyl (C=O) groups is 1. The monoisotopic (exact) mass is 215 g/mol. The third kappa shape index (κ3) is 1.40. The fourth-order valence-electron chi connectivity index (χ4n) is 2.69. The molecule has 3 rings (SSSR count). The molecule has 2 aliphatic carbocycles. The number of ketones is 1. The highest BCUT2D eigenvalue weighted by atomic mass is 16.1. The second kappa shape index (κ2) is 3.42. The molecule has 84 valence electrons. The molecule has 0 saturated heterocycles. The van der Waals surface area contributed by atoms with Crippen molar-refractivity contribution in [2.45, 2.75) is 32.1 Å². The van der Waals surface area contributed by atoms with Crippen LogP contribution in [0, 0.1) is 5.41 Å². The summed E-state index contributed by atoms with van der Waals surface area (Å²) in [5.74, 6) is 0.268. The standard InChI is InChI=1S/C14H17NO/c15-9-14(6-7-14)13(16)12-5-4-10-2-1-3-11(10)8-12/h4-5,8H,1-3,6-7,9,15H2. The van der Waals surface area contributed by atoms with Crippen LogP contribution in [0.4, 0.5) is 0 Å². The van der Waals surface area contributed by atoms with Crippen molar-refractivity contribution in [3.8, 4) is 0 Å². The molecule has 2 nitrogen and oxygen atoms in total. The number of benzene rings is 1. The Labute approximate surface area is 95.8 Å². The third-order valence-electron chi connectivity index (χ3n) is 4.09. The van der Waals surface area contributed by atoms with Crippen molar-refractivity contribution >= 4 is 5.78 Å². The zero-order chi connectivity index (χ0) is 11.2. The van der Waals surface area contributed by atoms with E-state index in [1.54, 1.807) is 0 Å². The van der Waals surface area contributed by atoms with Gasteiger partial charge in [-0.2, -0.15) is 0 Å². The topological polar surface area (TPSA) is 43.1 Å². The van der Waals surface area contributed by atoms with Crippen LogP contribution in [-0.2, 0) is 12.8 Å². The molecule has 1 saturated carbocycles. The van der Waals surface area contributed by atoms with Crippen LogP contribution in [0.5, 0.6) is 0 Å². The van der Waals surface area contributed by atoms with Crippen LogP contribution in [0.15, 0.2) is 18.2 Å². The SMILES string of the molecule is NCC1(C(=O)c2ccc3c(c2)CCC3)CC1. The molecule has 0 atom stereocenters. The van der Waals surface area contributed by atoms with Crippen molar-refractivity contribution in [3.63, 3.8) is 0 Å². The van der Waals surface area contributed by atoms with Gasteiger partial charge in [-0.3, -0.25) is 4.79 Å². The van der Waals surface area contributed by atoms with Crippen LogP contribution in [0.1, 0.15) is 40.7 Å². The second-order valence-corrected chi connectivity index (χ2v) is 5.15. The van der Waals surface area contributed by atoms with Gasteiger partial charge in [-0.15, -0.1) is 0 Å². The highest BCUT2D eigenvalue weighted by molar-refractivity contribution is 6.02. The number of Topliss-reactive ketones (excluding diaryl/α,β-unsaturated/α-hetero) is 1. The Balaban J connectivity index is 1.93. The van der Waals surface area contributed by atoms with Gasteiger partial charge in [0.2, 0.25) is 0 Å². The van der Waals surface area contributed by atoms with Crippen LogP contribution in [0.25, 0.3) is 0 Å². The van der Waals surface area contributed by atoms with E-state index in [4.69, 9.17) is 5.73 Å². The number of carbonyl (C=O) groups excluding carboxylic acids is 1. The molecule has 2 aliphatic rings. The summed E-state index contributed by atoms with van der Waals surface area (Å²) in [6, 6.07) is 6.21. The van der Waals surface area contributed by atoms with Crippen molar-refractivity contribution < 1.29 is 4.79 Å². The van der Waals surface area contributed by atoms with Gasteiger partial charge in [0.15, 0.2) is 5.78 Å². The van der Waals surface area contributed by atoms with Crippen LogP contribution in [-0.4, -0.2) is 12.3 Å². The zero-order valence-electron chi connectivity index (χ0n) is 9.46. The molecule has 1 fully saturated rings. The van der Waals surface area contributed by atoms with E-state index in [0.29, 0.717) is 6.54 Å². The third-order valence-corrected chi connectivity index (χ3v) is 4.09. The minimum Gasteiger partial charge on any atom is -0.329 e. The molecule has 0 bridgehead atoms. The Bertz CT molecular complexity index is 446. The predicted octanol–water partition coefficient (Wildman–Crippen LogP) is 2.10. The van der Waals surface area contributed by atoms with E-state index in [2.05, 4.69) is 12.1 Å². The number of hydrogen-bond donors (Lipinski definition) is 1. The molecular formula is C14H17NO. The molecule has 0 amide bonds. The predicted molar refractivity (Wildman–Crippen MR) is 63.5 cm³/mol. The molecule has 0 radical (unpaired) electrons. The van der Waals surface area contributed by atoms with Gasteiger partial charge in [0.25, 0.3) is 0 Å². The Morgan fingerprint density at radius 2 is 2.00 bits per heavy atom. The lowest BCUT2D eigenvalue weighted by molar-refractivity contribution is 0.0905. The molecule has 0 heterocycles. The number of aryl methyl sites for hydroxylation is 2. The average molecular weight is 215 g/mol. The molecule has 1 aromatic rings. The molecule has 16 heavy (non-hydrogen) atoms. The van der Waals surface area contributed by atoms with E-state index in [-0.39, 0.29) is 11.2 Å². The van der Waals surface area contributed by atoms with Gasteiger partial charge in [0.1, 0.15) is 0 Å². The lowest BCUT2D eigenvalue weighted by atomic mass is 9.93. The lowest BCUT2D eigenvalue weighted by Crippen LogP contribution is -2.25. The average Bonchev–Trinajstić information content (AvgIpc) is 2.98. The summed E-state index contributed by atoms with van der Waals surface area (Å²) in [6.45, 7) is 0.503. The minimum absolute atomic E-state index is 0.202. The first-order chi connectivity index (χ1) is 7.75. The summed E-state index contributed by atoms with van der Waals surface area (Å²) in [5, 5.41) is 0. The minimum atomic E-state index is -0.202. The Kier molecular flexibility index (Phi) is 2.15. The molecule has 1 aromatic carbocycles. The number of rotatable bonds is 3. The highest BCUT2D eigenvalue weighted by Gasteiger charge is 2.48. The maximum absolute atomic E-state index is 12.3. The summed E-state index contributed by atoms with van der Waals surface area (Å²) in [7, 11) is 0. The largest absolute Gasteiger partial charge is 0.329 e. The van der Waals surface area contributed by atoms with Gasteiger partial charge in [-0.25, -0.2) is 0 Å². The van der Waals surface area contributed by atoms with Gasteiger partial charge >= 0.3 is 0 Å². The molecule has 0 unspecified atom stereocenters. The number of hydrogen-bond acceptors (Lipinski definition) is 2.